The fraction of sp³-hybridized carbons (Fsp3) is 0.652. The van der Waals surface area contributed by atoms with Gasteiger partial charge in [-0.05, 0) is 59.2 Å². The number of amides is 1. The Balaban J connectivity index is 1.38. The lowest BCUT2D eigenvalue weighted by Crippen LogP contribution is -2.47. The van der Waals surface area contributed by atoms with Gasteiger partial charge in [-0.25, -0.2) is 15.0 Å². The quantitative estimate of drug-likeness (QED) is 0.503. The highest BCUT2D eigenvalue weighted by Crippen LogP contribution is 2.43. The number of hydrogen-bond acceptors (Lipinski definition) is 7. The zero-order valence-corrected chi connectivity index (χ0v) is 19.9. The lowest BCUT2D eigenvalue weighted by molar-refractivity contribution is -0.131. The number of carbonyl (C=O) groups excluding carboxylic acids is 1. The zero-order chi connectivity index (χ0) is 22.7. The van der Waals surface area contributed by atoms with Gasteiger partial charge in [-0.1, -0.05) is 6.08 Å². The first kappa shape index (κ1) is 23.2. The summed E-state index contributed by atoms with van der Waals surface area (Å²) in [5, 5.41) is 15.1. The van der Waals surface area contributed by atoms with E-state index in [-0.39, 0.29) is 5.91 Å². The van der Waals surface area contributed by atoms with Gasteiger partial charge in [0.2, 0.25) is 5.91 Å². The molecule has 1 aromatic rings. The summed E-state index contributed by atoms with van der Waals surface area (Å²) in [7, 11) is 1.82. The van der Waals surface area contributed by atoms with E-state index in [0.717, 1.165) is 48.7 Å². The van der Waals surface area contributed by atoms with Crippen LogP contribution in [0, 0.1) is 0 Å². The van der Waals surface area contributed by atoms with E-state index < -0.39 is 5.60 Å². The van der Waals surface area contributed by atoms with Gasteiger partial charge in [0.1, 0.15) is 10.6 Å². The number of aliphatic imine (C=N–C) groups is 2. The van der Waals surface area contributed by atoms with Gasteiger partial charge in [-0.2, -0.15) is 0 Å². The van der Waals surface area contributed by atoms with Gasteiger partial charge in [-0.3, -0.25) is 9.69 Å². The van der Waals surface area contributed by atoms with Crippen molar-refractivity contribution in [1.29, 1.82) is 0 Å². The molecule has 3 fully saturated rings. The smallest absolute Gasteiger partial charge is 0.236 e. The average Bonchev–Trinajstić information content (AvgIpc) is 3.52. The first-order chi connectivity index (χ1) is 15.5. The number of amidine groups is 1. The van der Waals surface area contributed by atoms with E-state index in [1.807, 2.05) is 20.0 Å². The molecule has 1 saturated carbocycles. The van der Waals surface area contributed by atoms with Crippen molar-refractivity contribution in [2.75, 3.05) is 26.7 Å². The number of hydrogen-bond donors (Lipinski definition) is 2. The molecule has 32 heavy (non-hydrogen) atoms. The lowest BCUT2D eigenvalue weighted by atomic mass is 9.81. The molecule has 2 aliphatic heterocycles. The van der Waals surface area contributed by atoms with Crippen LogP contribution in [0.5, 0.6) is 0 Å². The summed E-state index contributed by atoms with van der Waals surface area (Å²) in [5.74, 6) is 0.747. The van der Waals surface area contributed by atoms with Gasteiger partial charge in [0, 0.05) is 43.6 Å². The molecule has 3 heterocycles. The Kier molecular flexibility index (Phi) is 7.19. The molecular formula is C23H34N6O2S. The number of carbonyl (C=O) groups is 1. The molecule has 0 aromatic carbocycles. The number of nitrogens with one attached hydrogen (secondary N) is 1. The van der Waals surface area contributed by atoms with E-state index in [0.29, 0.717) is 43.3 Å². The number of allylic oxidation sites excluding steroid dienone is 1. The maximum absolute atomic E-state index is 12.4. The van der Waals surface area contributed by atoms with Crippen LogP contribution in [0.15, 0.2) is 28.5 Å². The average molecular weight is 459 g/mol. The number of likely N-dealkylation sites (N-methyl/N-ethyl adjacent to an activating group) is 1. The van der Waals surface area contributed by atoms with E-state index in [1.165, 1.54) is 11.3 Å². The predicted molar refractivity (Wildman–Crippen MR) is 128 cm³/mol. The van der Waals surface area contributed by atoms with Crippen LogP contribution in [0.3, 0.4) is 0 Å². The van der Waals surface area contributed by atoms with E-state index in [4.69, 9.17) is 0 Å². The highest BCUT2D eigenvalue weighted by molar-refractivity contribution is 7.13. The number of aromatic nitrogens is 1. The second-order valence-electron chi connectivity index (χ2n) is 8.95. The molecule has 9 heteroatoms. The third kappa shape index (κ3) is 4.44. The Bertz CT molecular complexity index is 889. The molecule has 1 amide bonds. The van der Waals surface area contributed by atoms with Gasteiger partial charge in [-0.15, -0.1) is 11.3 Å². The van der Waals surface area contributed by atoms with E-state index >= 15 is 0 Å². The number of likely N-dealkylation sites (tertiary alicyclic amines) is 2. The van der Waals surface area contributed by atoms with Crippen molar-refractivity contribution in [2.24, 2.45) is 9.98 Å². The van der Waals surface area contributed by atoms with Crippen LogP contribution < -0.4 is 5.32 Å². The third-order valence-electron chi connectivity index (χ3n) is 7.14. The molecule has 174 valence electrons. The fourth-order valence-electron chi connectivity index (χ4n) is 5.58. The van der Waals surface area contributed by atoms with Crippen LogP contribution in [0.1, 0.15) is 55.3 Å². The molecule has 2 atom stereocenters. The molecule has 1 aromatic heterocycles. The zero-order valence-electron chi connectivity index (χ0n) is 19.0. The van der Waals surface area contributed by atoms with Crippen LogP contribution >= 0.6 is 11.3 Å². The second-order valence-corrected chi connectivity index (χ2v) is 9.98. The van der Waals surface area contributed by atoms with Crippen LogP contribution in [-0.4, -0.2) is 83.2 Å². The minimum Gasteiger partial charge on any atom is -0.383 e. The van der Waals surface area contributed by atoms with E-state index in [2.05, 4.69) is 36.8 Å². The van der Waals surface area contributed by atoms with Crippen molar-refractivity contribution in [3.05, 3.63) is 28.4 Å². The van der Waals surface area contributed by atoms with Gasteiger partial charge >= 0.3 is 0 Å². The molecular weight excluding hydrogens is 424 g/mol. The summed E-state index contributed by atoms with van der Waals surface area (Å²) in [4.78, 5) is 30.8. The molecule has 2 unspecified atom stereocenters. The van der Waals surface area contributed by atoms with Crippen molar-refractivity contribution in [3.8, 4) is 0 Å². The molecule has 0 bridgehead atoms. The molecule has 2 saturated heterocycles. The summed E-state index contributed by atoms with van der Waals surface area (Å²) in [5.41, 5.74) is -0.893. The standard InChI is InChI=1S/C23H34N6O2S/c1-4-11-26-21(25-3)19-14-27-22(32-19)23(31)9-5-16(6-10-23)28-12-7-18-17(28)8-13-29(18)20(30)15-24-2/h4,11,14,16-18,24,31H,3,5-10,12-13,15H2,1-2H3/b11-4-,26-21?. The second kappa shape index (κ2) is 9.91. The molecule has 0 radical (unpaired) electrons. The van der Waals surface area contributed by atoms with Crippen molar-refractivity contribution in [1.82, 2.24) is 20.1 Å². The molecule has 1 aliphatic carbocycles. The van der Waals surface area contributed by atoms with Gasteiger partial charge in [0.05, 0.1) is 11.4 Å². The van der Waals surface area contributed by atoms with Crippen LogP contribution in [0.25, 0.3) is 0 Å². The van der Waals surface area contributed by atoms with Gasteiger partial charge in [0.15, 0.2) is 5.84 Å². The first-order valence-corrected chi connectivity index (χ1v) is 12.4. The Morgan fingerprint density at radius 1 is 1.34 bits per heavy atom. The van der Waals surface area contributed by atoms with Crippen LogP contribution in [0.2, 0.25) is 0 Å². The Morgan fingerprint density at radius 3 is 2.78 bits per heavy atom. The van der Waals surface area contributed by atoms with Crippen LogP contribution in [0.4, 0.5) is 0 Å². The fourth-order valence-corrected chi connectivity index (χ4v) is 6.60. The molecule has 4 rings (SSSR count). The Hall–Kier alpha value is -1.94. The van der Waals surface area contributed by atoms with Gasteiger partial charge in [0.25, 0.3) is 0 Å². The first-order valence-electron chi connectivity index (χ1n) is 11.5. The van der Waals surface area contributed by atoms with E-state index in [1.54, 1.807) is 12.4 Å². The number of rotatable bonds is 6. The summed E-state index contributed by atoms with van der Waals surface area (Å²) in [6.07, 6.45) is 10.7. The monoisotopic (exact) mass is 458 g/mol. The van der Waals surface area contributed by atoms with Crippen molar-refractivity contribution >= 4 is 29.8 Å². The number of aliphatic hydroxyl groups is 1. The molecule has 2 N–H and O–H groups in total. The molecule has 3 aliphatic rings. The molecule has 0 spiro atoms. The van der Waals surface area contributed by atoms with Crippen molar-refractivity contribution in [3.63, 3.8) is 0 Å². The third-order valence-corrected chi connectivity index (χ3v) is 8.33. The summed E-state index contributed by atoms with van der Waals surface area (Å²) < 4.78 is 0. The summed E-state index contributed by atoms with van der Waals surface area (Å²) in [6, 6.07) is 1.27. The maximum Gasteiger partial charge on any atom is 0.236 e. The maximum atomic E-state index is 12.4. The topological polar surface area (TPSA) is 93.4 Å². The Morgan fingerprint density at radius 2 is 2.09 bits per heavy atom. The van der Waals surface area contributed by atoms with Gasteiger partial charge < -0.3 is 15.3 Å². The van der Waals surface area contributed by atoms with Crippen molar-refractivity contribution in [2.45, 2.75) is 69.2 Å². The SMILES string of the molecule is C=NC(=N/C=C\C)c1cnc(C2(O)CCC(N3CCC4C3CCN4C(=O)CNC)CC2)s1. The molecule has 8 nitrogen and oxygen atoms in total. The minimum absolute atomic E-state index is 0.214. The summed E-state index contributed by atoms with van der Waals surface area (Å²) >= 11 is 1.46. The highest BCUT2D eigenvalue weighted by Gasteiger charge is 2.48. The normalized spacial score (nSPS) is 31.4. The highest BCUT2D eigenvalue weighted by atomic mass is 32.1. The number of thiazole rings is 1. The summed E-state index contributed by atoms with van der Waals surface area (Å²) in [6.45, 7) is 7.82. The Labute approximate surface area is 194 Å². The van der Waals surface area contributed by atoms with Crippen LogP contribution in [-0.2, 0) is 10.4 Å². The number of nitrogens with zero attached hydrogens (tertiary/aromatic N) is 5. The van der Waals surface area contributed by atoms with E-state index in [9.17, 15) is 9.90 Å². The largest absolute Gasteiger partial charge is 0.383 e. The predicted octanol–water partition coefficient (Wildman–Crippen LogP) is 2.15. The number of fused-ring (bicyclic) bond motifs is 1. The lowest BCUT2D eigenvalue weighted by Gasteiger charge is -2.40. The minimum atomic E-state index is -0.893. The van der Waals surface area contributed by atoms with Crippen molar-refractivity contribution < 1.29 is 9.90 Å².